The number of anilines is 6. The van der Waals surface area contributed by atoms with Crippen LogP contribution in [0, 0.1) is 34.6 Å². The second-order valence-electron chi connectivity index (χ2n) is 17.7. The average Bonchev–Trinajstić information content (AvgIpc) is 3.56. The molecule has 0 aliphatic heterocycles. The zero-order valence-corrected chi connectivity index (χ0v) is 35.2. The van der Waals surface area contributed by atoms with E-state index < -0.39 is 11.7 Å². The third-order valence-electron chi connectivity index (χ3n) is 13.0. The minimum Gasteiger partial charge on any atom is -0.310 e. The molecular formula is C54H49F3N2. The fourth-order valence-electron chi connectivity index (χ4n) is 10.1. The van der Waals surface area contributed by atoms with Gasteiger partial charge in [0.05, 0.1) is 5.56 Å². The summed E-state index contributed by atoms with van der Waals surface area (Å²) >= 11 is 0. The molecule has 0 radical (unpaired) electrons. The van der Waals surface area contributed by atoms with Gasteiger partial charge in [0.15, 0.2) is 0 Å². The number of hydrogen-bond acceptors (Lipinski definition) is 2. The highest BCUT2D eigenvalue weighted by molar-refractivity contribution is 5.96. The predicted molar refractivity (Wildman–Crippen MR) is 240 cm³/mol. The molecule has 2 aliphatic rings. The molecule has 0 saturated carbocycles. The molecule has 0 fully saturated rings. The van der Waals surface area contributed by atoms with Crippen molar-refractivity contribution < 1.29 is 13.2 Å². The highest BCUT2D eigenvalue weighted by Crippen LogP contribution is 2.61. The molecule has 59 heavy (non-hydrogen) atoms. The van der Waals surface area contributed by atoms with Crippen molar-refractivity contribution in [3.05, 3.63) is 189 Å². The van der Waals surface area contributed by atoms with Crippen molar-refractivity contribution in [3.63, 3.8) is 0 Å². The van der Waals surface area contributed by atoms with E-state index >= 15 is 0 Å². The normalized spacial score (nSPS) is 14.4. The first-order valence-electron chi connectivity index (χ1n) is 20.4. The number of aryl methyl sites for hydroxylation is 5. The maximum atomic E-state index is 13.7. The summed E-state index contributed by atoms with van der Waals surface area (Å²) in [6, 6.07) is 44.9. The van der Waals surface area contributed by atoms with E-state index in [0.29, 0.717) is 5.69 Å². The second-order valence-corrected chi connectivity index (χ2v) is 17.7. The number of nitrogens with zero attached hydrogens (tertiary/aromatic N) is 2. The maximum Gasteiger partial charge on any atom is 0.416 e. The molecule has 5 heteroatoms. The van der Waals surface area contributed by atoms with Crippen LogP contribution in [-0.2, 0) is 17.0 Å². The molecule has 7 aromatic rings. The first-order chi connectivity index (χ1) is 28.0. The molecule has 2 aliphatic carbocycles. The Labute approximate surface area is 346 Å². The van der Waals surface area contributed by atoms with Gasteiger partial charge in [-0.2, -0.15) is 13.2 Å². The summed E-state index contributed by atoms with van der Waals surface area (Å²) in [6.45, 7) is 20.2. The Morgan fingerprint density at radius 1 is 0.424 bits per heavy atom. The van der Waals surface area contributed by atoms with Crippen LogP contribution in [0.15, 0.2) is 133 Å². The van der Waals surface area contributed by atoms with Crippen LogP contribution in [0.25, 0.3) is 22.3 Å². The first-order valence-corrected chi connectivity index (χ1v) is 20.4. The lowest BCUT2D eigenvalue weighted by atomic mass is 9.72. The summed E-state index contributed by atoms with van der Waals surface area (Å²) in [6.07, 6.45) is -4.42. The van der Waals surface area contributed by atoms with Gasteiger partial charge in [-0.05, 0) is 174 Å². The van der Waals surface area contributed by atoms with E-state index in [2.05, 4.69) is 150 Å². The monoisotopic (exact) mass is 782 g/mol. The Hall–Kier alpha value is -6.07. The lowest BCUT2D eigenvalue weighted by Gasteiger charge is -2.32. The summed E-state index contributed by atoms with van der Waals surface area (Å²) in [5.41, 5.74) is 20.8. The highest BCUT2D eigenvalue weighted by atomic mass is 19.4. The summed E-state index contributed by atoms with van der Waals surface area (Å²) < 4.78 is 41.1. The van der Waals surface area contributed by atoms with Crippen molar-refractivity contribution in [1.29, 1.82) is 0 Å². The quantitative estimate of drug-likeness (QED) is 0.166. The van der Waals surface area contributed by atoms with Crippen molar-refractivity contribution in [2.45, 2.75) is 79.3 Å². The third kappa shape index (κ3) is 6.00. The van der Waals surface area contributed by atoms with Gasteiger partial charge >= 0.3 is 6.18 Å². The van der Waals surface area contributed by atoms with Gasteiger partial charge in [0.25, 0.3) is 0 Å². The van der Waals surface area contributed by atoms with Gasteiger partial charge in [0.1, 0.15) is 0 Å². The zero-order valence-electron chi connectivity index (χ0n) is 35.2. The number of halogens is 3. The Bertz CT molecular complexity index is 2810. The van der Waals surface area contributed by atoms with Gasteiger partial charge in [0.2, 0.25) is 0 Å². The lowest BCUT2D eigenvalue weighted by Crippen LogP contribution is -2.24. The summed E-state index contributed by atoms with van der Waals surface area (Å²) in [7, 11) is 0. The number of benzene rings is 7. The standard InChI is InChI=1S/C54H49F3N2/c1-32-18-22-38(23-19-32)58(46-16-12-10-14-33(46)2)40-28-35(4)48-42-26-27-43-49-36(5)29-41(31-45(49)53(8,9)51(43)50(42)52(6,7)44(48)30-40)59(47-17-13-11-15-34(47)3)39-24-20-37(21-25-39)54(55,56)57/h10-31H,1-9H3. The van der Waals surface area contributed by atoms with E-state index in [0.717, 1.165) is 39.6 Å². The van der Waals surface area contributed by atoms with E-state index in [1.165, 1.54) is 73.3 Å². The number of hydrogen-bond donors (Lipinski definition) is 0. The summed E-state index contributed by atoms with van der Waals surface area (Å²) in [4.78, 5) is 4.50. The molecule has 0 saturated heterocycles. The number of alkyl halides is 3. The SMILES string of the molecule is Cc1ccc(N(c2cc(C)c3c(c2)C(C)(C)c2c-3ccc3c2C(C)(C)c2cc(N(c4ccc(C(F)(F)F)cc4)c4ccccc4C)cc(C)c2-3)c2ccccc2C)cc1. The fourth-order valence-corrected chi connectivity index (χ4v) is 10.1. The second kappa shape index (κ2) is 13.5. The van der Waals surface area contributed by atoms with Crippen molar-refractivity contribution in [3.8, 4) is 22.3 Å². The van der Waals surface area contributed by atoms with E-state index in [1.54, 1.807) is 12.1 Å². The molecule has 0 atom stereocenters. The van der Waals surface area contributed by atoms with E-state index in [9.17, 15) is 13.2 Å². The molecule has 0 bridgehead atoms. The van der Waals surface area contributed by atoms with Crippen molar-refractivity contribution in [2.24, 2.45) is 0 Å². The Morgan fingerprint density at radius 2 is 0.814 bits per heavy atom. The van der Waals surface area contributed by atoms with Crippen LogP contribution in [0.3, 0.4) is 0 Å². The lowest BCUT2D eigenvalue weighted by molar-refractivity contribution is -0.137. The van der Waals surface area contributed by atoms with Crippen LogP contribution in [0.1, 0.15) is 83.3 Å². The molecule has 0 heterocycles. The van der Waals surface area contributed by atoms with Gasteiger partial charge in [-0.1, -0.05) is 93.9 Å². The van der Waals surface area contributed by atoms with Crippen LogP contribution in [0.2, 0.25) is 0 Å². The maximum absolute atomic E-state index is 13.7. The van der Waals surface area contributed by atoms with Crippen molar-refractivity contribution >= 4 is 34.1 Å². The topological polar surface area (TPSA) is 6.48 Å². The van der Waals surface area contributed by atoms with E-state index in [4.69, 9.17) is 0 Å². The first kappa shape index (κ1) is 38.4. The van der Waals surface area contributed by atoms with E-state index in [1.807, 2.05) is 31.2 Å². The predicted octanol–water partition coefficient (Wildman–Crippen LogP) is 15.8. The van der Waals surface area contributed by atoms with Crippen LogP contribution < -0.4 is 9.80 Å². The Morgan fingerprint density at radius 3 is 1.20 bits per heavy atom. The molecule has 2 nitrogen and oxygen atoms in total. The summed E-state index contributed by atoms with van der Waals surface area (Å²) in [5.74, 6) is 0. The summed E-state index contributed by atoms with van der Waals surface area (Å²) in [5, 5.41) is 0. The number of rotatable bonds is 6. The van der Waals surface area contributed by atoms with Gasteiger partial charge in [-0.15, -0.1) is 0 Å². The smallest absolute Gasteiger partial charge is 0.310 e. The zero-order chi connectivity index (χ0) is 41.8. The fraction of sp³-hybridized carbons (Fsp3) is 0.222. The van der Waals surface area contributed by atoms with Crippen molar-refractivity contribution in [1.82, 2.24) is 0 Å². The van der Waals surface area contributed by atoms with Gasteiger partial charge in [-0.3, -0.25) is 0 Å². The molecule has 296 valence electrons. The average molecular weight is 783 g/mol. The molecule has 9 rings (SSSR count). The van der Waals surface area contributed by atoms with E-state index in [-0.39, 0.29) is 10.8 Å². The number of fused-ring (bicyclic) bond motifs is 7. The van der Waals surface area contributed by atoms with Crippen molar-refractivity contribution in [2.75, 3.05) is 9.80 Å². The van der Waals surface area contributed by atoms with Crippen LogP contribution in [0.5, 0.6) is 0 Å². The molecule has 0 aromatic heterocycles. The van der Waals surface area contributed by atoms with Crippen LogP contribution in [-0.4, -0.2) is 0 Å². The van der Waals surface area contributed by atoms with Gasteiger partial charge in [0, 0.05) is 45.0 Å². The minimum atomic E-state index is -4.42. The largest absolute Gasteiger partial charge is 0.416 e. The highest BCUT2D eigenvalue weighted by Gasteiger charge is 2.47. The molecule has 0 spiro atoms. The van der Waals surface area contributed by atoms with Gasteiger partial charge in [-0.25, -0.2) is 0 Å². The Balaban J connectivity index is 1.19. The third-order valence-corrected chi connectivity index (χ3v) is 13.0. The Kier molecular flexibility index (Phi) is 8.79. The molecule has 0 unspecified atom stereocenters. The molecule has 0 amide bonds. The van der Waals surface area contributed by atoms with Crippen LogP contribution in [0.4, 0.5) is 47.3 Å². The van der Waals surface area contributed by atoms with Gasteiger partial charge < -0.3 is 9.80 Å². The minimum absolute atomic E-state index is 0.315. The molecule has 7 aromatic carbocycles. The van der Waals surface area contributed by atoms with Crippen LogP contribution >= 0.6 is 0 Å². The number of para-hydroxylation sites is 2. The molecular weight excluding hydrogens is 734 g/mol. The molecule has 0 N–H and O–H groups in total.